The molecule has 2 N–H and O–H groups in total. The molecule has 2 aromatic carbocycles. The molecule has 1 heterocycles. The maximum absolute atomic E-state index is 13.0. The van der Waals surface area contributed by atoms with Crippen LogP contribution in [-0.2, 0) is 10.2 Å². The molecule has 0 aliphatic carbocycles. The molecule has 29 heavy (non-hydrogen) atoms. The molecule has 1 aliphatic heterocycles. The van der Waals surface area contributed by atoms with Crippen molar-refractivity contribution in [2.75, 3.05) is 27.3 Å². The van der Waals surface area contributed by atoms with Crippen molar-refractivity contribution >= 4 is 10.2 Å². The average molecular weight is 423 g/mol. The zero-order valence-corrected chi connectivity index (χ0v) is 17.1. The van der Waals surface area contributed by atoms with Crippen LogP contribution in [0, 0.1) is 0 Å². The fourth-order valence-electron chi connectivity index (χ4n) is 3.23. The van der Waals surface area contributed by atoms with Gasteiger partial charge >= 0.3 is 0 Å². The summed E-state index contributed by atoms with van der Waals surface area (Å²) in [6.45, 7) is -0.226. The lowest BCUT2D eigenvalue weighted by Crippen LogP contribution is -2.51. The van der Waals surface area contributed by atoms with Crippen LogP contribution in [0.5, 0.6) is 11.5 Å². The highest BCUT2D eigenvalue weighted by Crippen LogP contribution is 2.26. The molecule has 3 rings (SSSR count). The Balaban J connectivity index is 1.79. The van der Waals surface area contributed by atoms with Crippen molar-refractivity contribution in [2.45, 2.75) is 24.3 Å². The van der Waals surface area contributed by atoms with E-state index in [-0.39, 0.29) is 13.2 Å². The molecule has 1 aliphatic rings. The fraction of sp³-hybridized carbons (Fsp3) is 0.400. The van der Waals surface area contributed by atoms with Crippen molar-refractivity contribution in [3.8, 4) is 11.5 Å². The molecular weight excluding hydrogens is 396 g/mol. The van der Waals surface area contributed by atoms with Crippen LogP contribution in [0.4, 0.5) is 0 Å². The molecule has 4 atom stereocenters. The SMILES string of the molecule is CN1C(COc2ccccc2)C(O)[C@H](O)[C@H](COc2ccccc2)N(C)S1(=O)=O. The average Bonchev–Trinajstić information content (AvgIpc) is 2.78. The van der Waals surface area contributed by atoms with E-state index in [0.29, 0.717) is 11.5 Å². The van der Waals surface area contributed by atoms with Gasteiger partial charge < -0.3 is 19.7 Å². The summed E-state index contributed by atoms with van der Waals surface area (Å²) in [6.07, 6.45) is -2.74. The van der Waals surface area contributed by atoms with Gasteiger partial charge in [0.2, 0.25) is 0 Å². The van der Waals surface area contributed by atoms with Crippen molar-refractivity contribution in [1.82, 2.24) is 8.61 Å². The summed E-state index contributed by atoms with van der Waals surface area (Å²) in [6, 6.07) is 15.8. The van der Waals surface area contributed by atoms with Gasteiger partial charge in [-0.3, -0.25) is 0 Å². The third-order valence-corrected chi connectivity index (χ3v) is 7.13. The smallest absolute Gasteiger partial charge is 0.282 e. The second-order valence-corrected chi connectivity index (χ2v) is 8.95. The number of ether oxygens (including phenoxy) is 2. The van der Waals surface area contributed by atoms with Crippen LogP contribution in [0.1, 0.15) is 0 Å². The highest BCUT2D eigenvalue weighted by atomic mass is 32.2. The van der Waals surface area contributed by atoms with E-state index in [9.17, 15) is 18.6 Å². The van der Waals surface area contributed by atoms with E-state index >= 15 is 0 Å². The quantitative estimate of drug-likeness (QED) is 0.712. The van der Waals surface area contributed by atoms with Gasteiger partial charge in [0.25, 0.3) is 10.2 Å². The maximum Gasteiger partial charge on any atom is 0.282 e. The molecule has 158 valence electrons. The molecule has 0 bridgehead atoms. The lowest BCUT2D eigenvalue weighted by molar-refractivity contribution is -0.0511. The Morgan fingerprint density at radius 3 is 1.45 bits per heavy atom. The Labute approximate surface area is 171 Å². The lowest BCUT2D eigenvalue weighted by Gasteiger charge is -2.29. The number of aliphatic hydroxyl groups excluding tert-OH is 2. The minimum absolute atomic E-state index is 0.113. The lowest BCUT2D eigenvalue weighted by atomic mass is 10.00. The number of aliphatic hydroxyl groups is 2. The van der Waals surface area contributed by atoms with Crippen LogP contribution in [-0.4, -0.2) is 78.8 Å². The Morgan fingerprint density at radius 2 is 1.10 bits per heavy atom. The summed E-state index contributed by atoms with van der Waals surface area (Å²) in [7, 11) is -1.24. The van der Waals surface area contributed by atoms with Crippen molar-refractivity contribution < 1.29 is 28.1 Å². The van der Waals surface area contributed by atoms with E-state index in [2.05, 4.69) is 0 Å². The predicted molar refractivity (Wildman–Crippen MR) is 108 cm³/mol. The van der Waals surface area contributed by atoms with Gasteiger partial charge in [-0.25, -0.2) is 0 Å². The number of nitrogens with zero attached hydrogens (tertiary/aromatic N) is 2. The summed E-state index contributed by atoms with van der Waals surface area (Å²) in [5.74, 6) is 1.09. The number of likely N-dealkylation sites (N-methyl/N-ethyl adjacent to an activating group) is 2. The molecular formula is C20H26N2O6S. The second kappa shape index (κ2) is 9.10. The van der Waals surface area contributed by atoms with Crippen molar-refractivity contribution in [2.24, 2.45) is 0 Å². The van der Waals surface area contributed by atoms with E-state index in [1.165, 1.54) is 14.1 Å². The van der Waals surface area contributed by atoms with Crippen LogP contribution in [0.3, 0.4) is 0 Å². The number of para-hydroxylation sites is 2. The Hall–Kier alpha value is -2.17. The first-order chi connectivity index (χ1) is 13.8. The third-order valence-electron chi connectivity index (χ3n) is 5.13. The normalized spacial score (nSPS) is 27.9. The molecule has 1 fully saturated rings. The first kappa shape index (κ1) is 21.5. The highest BCUT2D eigenvalue weighted by Gasteiger charge is 2.48. The molecule has 0 spiro atoms. The Kier molecular flexibility index (Phi) is 6.76. The van der Waals surface area contributed by atoms with E-state index in [1.807, 2.05) is 12.1 Å². The van der Waals surface area contributed by atoms with Gasteiger partial charge in [-0.05, 0) is 24.3 Å². The molecule has 8 nitrogen and oxygen atoms in total. The first-order valence-corrected chi connectivity index (χ1v) is 10.6. The number of hydrogen-bond acceptors (Lipinski definition) is 6. The molecule has 0 aromatic heterocycles. The number of rotatable bonds is 6. The molecule has 0 radical (unpaired) electrons. The second-order valence-electron chi connectivity index (χ2n) is 6.90. The van der Waals surface area contributed by atoms with Crippen LogP contribution < -0.4 is 9.47 Å². The molecule has 1 saturated heterocycles. The minimum Gasteiger partial charge on any atom is -0.492 e. The van der Waals surface area contributed by atoms with E-state index in [1.54, 1.807) is 48.5 Å². The topological polar surface area (TPSA) is 99.5 Å². The zero-order chi connectivity index (χ0) is 21.0. The van der Waals surface area contributed by atoms with Gasteiger partial charge in [-0.15, -0.1) is 0 Å². The van der Waals surface area contributed by atoms with Gasteiger partial charge in [0, 0.05) is 14.1 Å². The molecule has 0 saturated carbocycles. The molecule has 2 unspecified atom stereocenters. The molecule has 2 aromatic rings. The summed E-state index contributed by atoms with van der Waals surface area (Å²) in [5.41, 5.74) is 0. The summed E-state index contributed by atoms with van der Waals surface area (Å²) >= 11 is 0. The first-order valence-electron chi connectivity index (χ1n) is 9.25. The van der Waals surface area contributed by atoms with E-state index in [0.717, 1.165) is 8.61 Å². The van der Waals surface area contributed by atoms with Gasteiger partial charge in [-0.1, -0.05) is 36.4 Å². The van der Waals surface area contributed by atoms with Crippen LogP contribution in [0.15, 0.2) is 60.7 Å². The van der Waals surface area contributed by atoms with Gasteiger partial charge in [0.05, 0.1) is 12.1 Å². The fourth-order valence-corrected chi connectivity index (χ4v) is 4.70. The van der Waals surface area contributed by atoms with Gasteiger partial charge in [0.1, 0.15) is 36.9 Å². The highest BCUT2D eigenvalue weighted by molar-refractivity contribution is 7.86. The number of benzene rings is 2. The third kappa shape index (κ3) is 4.71. The van der Waals surface area contributed by atoms with Crippen LogP contribution >= 0.6 is 0 Å². The zero-order valence-electron chi connectivity index (χ0n) is 16.3. The molecule has 0 amide bonds. The Morgan fingerprint density at radius 1 is 0.759 bits per heavy atom. The maximum atomic E-state index is 13.0. The minimum atomic E-state index is -3.96. The monoisotopic (exact) mass is 422 g/mol. The summed E-state index contributed by atoms with van der Waals surface area (Å²) < 4.78 is 39.4. The van der Waals surface area contributed by atoms with Crippen LogP contribution in [0.2, 0.25) is 0 Å². The largest absolute Gasteiger partial charge is 0.492 e. The Bertz CT molecular complexity index is 813. The molecule has 9 heteroatoms. The number of hydrogen-bond donors (Lipinski definition) is 2. The summed E-state index contributed by atoms with van der Waals surface area (Å²) in [4.78, 5) is 0. The van der Waals surface area contributed by atoms with Gasteiger partial charge in [0.15, 0.2) is 0 Å². The van der Waals surface area contributed by atoms with Crippen LogP contribution in [0.25, 0.3) is 0 Å². The standard InChI is InChI=1S/C20H26N2O6S/c1-21-17(13-27-15-9-5-3-6-10-15)19(23)20(24)18(22(2)29(21,25)26)14-28-16-11-7-4-8-12-16/h3-12,17-20,23-24H,13-14H2,1-2H3/t17-,18?,19+,20?/m0/s1. The van der Waals surface area contributed by atoms with E-state index in [4.69, 9.17) is 9.47 Å². The predicted octanol–water partition coefficient (Wildman–Crippen LogP) is 0.725. The van der Waals surface area contributed by atoms with Crippen molar-refractivity contribution in [3.05, 3.63) is 60.7 Å². The summed E-state index contributed by atoms with van der Waals surface area (Å²) in [5, 5.41) is 21.5. The van der Waals surface area contributed by atoms with Crippen molar-refractivity contribution in [1.29, 1.82) is 0 Å². The van der Waals surface area contributed by atoms with Gasteiger partial charge in [-0.2, -0.15) is 17.0 Å². The van der Waals surface area contributed by atoms with E-state index < -0.39 is 34.5 Å². The van der Waals surface area contributed by atoms with Crippen molar-refractivity contribution in [3.63, 3.8) is 0 Å².